The predicted molar refractivity (Wildman–Crippen MR) is 118 cm³/mol. The van der Waals surface area contributed by atoms with Crippen molar-refractivity contribution < 1.29 is 13.9 Å². The van der Waals surface area contributed by atoms with Gasteiger partial charge in [0.1, 0.15) is 16.3 Å². The lowest BCUT2D eigenvalue weighted by molar-refractivity contribution is 0.0970. The van der Waals surface area contributed by atoms with E-state index in [1.807, 2.05) is 6.92 Å². The second-order valence-corrected chi connectivity index (χ2v) is 8.47. The van der Waals surface area contributed by atoms with Crippen LogP contribution in [0.4, 0.5) is 5.13 Å². The van der Waals surface area contributed by atoms with E-state index < -0.39 is 11.9 Å². The summed E-state index contributed by atoms with van der Waals surface area (Å²) >= 11 is 7.38. The topological polar surface area (TPSA) is 85.5 Å². The minimum Gasteiger partial charge on any atom is -0.497 e. The number of ether oxygens (including phenoxy) is 1. The number of aryl methyl sites for hydroxylation is 1. The number of benzene rings is 2. The molecular formula is C22H16ClN3O4S. The molecule has 0 radical (unpaired) electrons. The molecule has 0 N–H and O–H groups in total. The number of carbonyl (C=O) groups is 1. The average Bonchev–Trinajstić information content (AvgIpc) is 3.37. The van der Waals surface area contributed by atoms with Crippen LogP contribution in [0.1, 0.15) is 39.7 Å². The van der Waals surface area contributed by atoms with Gasteiger partial charge in [-0.25, -0.2) is 0 Å². The second kappa shape index (κ2) is 7.47. The van der Waals surface area contributed by atoms with Gasteiger partial charge in [-0.1, -0.05) is 42.0 Å². The number of halogens is 1. The molecule has 2 aromatic heterocycles. The number of methoxy groups -OCH3 is 1. The second-order valence-electron chi connectivity index (χ2n) is 7.00. The van der Waals surface area contributed by atoms with Crippen molar-refractivity contribution in [3.8, 4) is 5.75 Å². The van der Waals surface area contributed by atoms with Gasteiger partial charge in [0.05, 0.1) is 24.1 Å². The molecule has 1 unspecified atom stereocenters. The van der Waals surface area contributed by atoms with Crippen LogP contribution in [0.5, 0.6) is 5.75 Å². The molecule has 2 aromatic carbocycles. The molecule has 3 heterocycles. The highest BCUT2D eigenvalue weighted by atomic mass is 35.5. The largest absolute Gasteiger partial charge is 0.497 e. The van der Waals surface area contributed by atoms with E-state index >= 15 is 0 Å². The molecule has 0 bridgehead atoms. The van der Waals surface area contributed by atoms with Crippen molar-refractivity contribution in [3.63, 3.8) is 0 Å². The molecule has 1 aliphatic rings. The Kier molecular flexibility index (Phi) is 4.75. The van der Waals surface area contributed by atoms with Crippen molar-refractivity contribution in [2.24, 2.45) is 0 Å². The lowest BCUT2D eigenvalue weighted by Crippen LogP contribution is -2.29. The fourth-order valence-electron chi connectivity index (χ4n) is 3.72. The lowest BCUT2D eigenvalue weighted by Gasteiger charge is -2.22. The third-order valence-corrected chi connectivity index (χ3v) is 6.55. The fourth-order valence-corrected chi connectivity index (χ4v) is 4.65. The molecule has 0 saturated heterocycles. The Hall–Kier alpha value is -3.23. The number of nitrogens with zero attached hydrogens (tertiary/aromatic N) is 3. The summed E-state index contributed by atoms with van der Waals surface area (Å²) in [5, 5.41) is 10.5. The Morgan fingerprint density at radius 2 is 1.94 bits per heavy atom. The molecule has 7 nitrogen and oxygen atoms in total. The minimum atomic E-state index is -0.694. The van der Waals surface area contributed by atoms with Gasteiger partial charge < -0.3 is 9.15 Å². The summed E-state index contributed by atoms with van der Waals surface area (Å²) in [6.45, 7) is 1.96. The van der Waals surface area contributed by atoms with E-state index in [1.165, 1.54) is 23.3 Å². The fraction of sp³-hybridized carbons (Fsp3) is 0.182. The van der Waals surface area contributed by atoms with Gasteiger partial charge in [-0.2, -0.15) is 0 Å². The first-order valence-electron chi connectivity index (χ1n) is 9.58. The quantitative estimate of drug-likeness (QED) is 0.448. The molecule has 0 spiro atoms. The number of hydrogen-bond acceptors (Lipinski definition) is 7. The van der Waals surface area contributed by atoms with Gasteiger partial charge in [-0.05, 0) is 36.2 Å². The van der Waals surface area contributed by atoms with Crippen LogP contribution < -0.4 is 15.1 Å². The van der Waals surface area contributed by atoms with Gasteiger partial charge in [0.15, 0.2) is 5.43 Å². The third kappa shape index (κ3) is 3.10. The molecular weight excluding hydrogens is 438 g/mol. The van der Waals surface area contributed by atoms with Gasteiger partial charge in [0.25, 0.3) is 5.91 Å². The van der Waals surface area contributed by atoms with Crippen LogP contribution in [0.3, 0.4) is 0 Å². The molecule has 0 aliphatic carbocycles. The Morgan fingerprint density at radius 1 is 1.16 bits per heavy atom. The number of hydrogen-bond donors (Lipinski definition) is 0. The van der Waals surface area contributed by atoms with Crippen molar-refractivity contribution in [1.29, 1.82) is 0 Å². The highest BCUT2D eigenvalue weighted by Gasteiger charge is 2.45. The van der Waals surface area contributed by atoms with E-state index in [2.05, 4.69) is 10.2 Å². The van der Waals surface area contributed by atoms with Crippen molar-refractivity contribution >= 4 is 44.9 Å². The molecule has 0 fully saturated rings. The maximum absolute atomic E-state index is 13.5. The standard InChI is InChI=1S/C22H16ClN3O4S/c1-3-16-24-25-22(31-16)26-18(11-4-6-12(23)7-5-11)17-19(27)14-9-8-13(29-2)10-15(14)30-20(17)21(26)28/h4-10,18H,3H2,1-2H3. The van der Waals surface area contributed by atoms with Crippen LogP contribution in [0, 0.1) is 0 Å². The van der Waals surface area contributed by atoms with Crippen LogP contribution in [0.2, 0.25) is 5.02 Å². The molecule has 1 amide bonds. The van der Waals surface area contributed by atoms with Crippen molar-refractivity contribution in [1.82, 2.24) is 10.2 Å². The minimum absolute atomic E-state index is 0.000971. The van der Waals surface area contributed by atoms with E-state index in [4.69, 9.17) is 20.8 Å². The first kappa shape index (κ1) is 19.7. The van der Waals surface area contributed by atoms with E-state index in [9.17, 15) is 9.59 Å². The lowest BCUT2D eigenvalue weighted by atomic mass is 9.99. The Balaban J connectivity index is 1.78. The summed E-state index contributed by atoms with van der Waals surface area (Å²) in [6.07, 6.45) is 0.694. The number of rotatable bonds is 4. The molecule has 5 rings (SSSR count). The number of amides is 1. The first-order valence-corrected chi connectivity index (χ1v) is 10.8. The van der Waals surface area contributed by atoms with Crippen molar-refractivity contribution in [2.75, 3.05) is 12.0 Å². The van der Waals surface area contributed by atoms with E-state index in [0.29, 0.717) is 33.3 Å². The van der Waals surface area contributed by atoms with Gasteiger partial charge in [-0.3, -0.25) is 14.5 Å². The highest BCUT2D eigenvalue weighted by Crippen LogP contribution is 2.42. The third-order valence-electron chi connectivity index (χ3n) is 5.23. The zero-order chi connectivity index (χ0) is 21.7. The molecule has 1 atom stereocenters. The first-order chi connectivity index (χ1) is 15.0. The molecule has 1 aliphatic heterocycles. The van der Waals surface area contributed by atoms with Gasteiger partial charge in [0, 0.05) is 11.1 Å². The number of aromatic nitrogens is 2. The zero-order valence-corrected chi connectivity index (χ0v) is 18.2. The van der Waals surface area contributed by atoms with Gasteiger partial charge in [0.2, 0.25) is 10.9 Å². The molecule has 156 valence electrons. The summed E-state index contributed by atoms with van der Waals surface area (Å²) < 4.78 is 11.2. The van der Waals surface area contributed by atoms with Crippen molar-refractivity contribution in [3.05, 3.63) is 79.6 Å². The smallest absolute Gasteiger partial charge is 0.297 e. The molecule has 0 saturated carbocycles. The Bertz CT molecular complexity index is 1380. The Morgan fingerprint density at radius 3 is 2.61 bits per heavy atom. The Labute approximate surface area is 185 Å². The van der Waals surface area contributed by atoms with Gasteiger partial charge in [-0.15, -0.1) is 10.2 Å². The van der Waals surface area contributed by atoms with Crippen LogP contribution in [0.15, 0.2) is 51.7 Å². The summed E-state index contributed by atoms with van der Waals surface area (Å²) in [5.74, 6) is 0.0957. The van der Waals surface area contributed by atoms with E-state index in [0.717, 1.165) is 10.6 Å². The maximum Gasteiger partial charge on any atom is 0.297 e. The maximum atomic E-state index is 13.5. The van der Waals surface area contributed by atoms with Crippen LogP contribution in [-0.2, 0) is 6.42 Å². The zero-order valence-electron chi connectivity index (χ0n) is 16.6. The SMILES string of the molecule is CCc1nnc(N2C(=O)c3oc4cc(OC)ccc4c(=O)c3C2c2ccc(Cl)cc2)s1. The molecule has 4 aromatic rings. The number of fused-ring (bicyclic) bond motifs is 2. The monoisotopic (exact) mass is 453 g/mol. The summed E-state index contributed by atoms with van der Waals surface area (Å²) in [6, 6.07) is 11.3. The van der Waals surface area contributed by atoms with E-state index in [-0.39, 0.29) is 16.8 Å². The summed E-state index contributed by atoms with van der Waals surface area (Å²) in [4.78, 5) is 28.5. The van der Waals surface area contributed by atoms with E-state index in [1.54, 1.807) is 42.5 Å². The normalized spacial score (nSPS) is 15.5. The van der Waals surface area contributed by atoms with Crippen LogP contribution >= 0.6 is 22.9 Å². The highest BCUT2D eigenvalue weighted by molar-refractivity contribution is 7.15. The summed E-state index contributed by atoms with van der Waals surface area (Å²) in [7, 11) is 1.52. The predicted octanol–water partition coefficient (Wildman–Crippen LogP) is 4.62. The number of anilines is 1. The van der Waals surface area contributed by atoms with Crippen LogP contribution in [-0.4, -0.2) is 23.2 Å². The molecule has 31 heavy (non-hydrogen) atoms. The van der Waals surface area contributed by atoms with Crippen molar-refractivity contribution in [2.45, 2.75) is 19.4 Å². The number of carbonyl (C=O) groups excluding carboxylic acids is 1. The van der Waals surface area contributed by atoms with Gasteiger partial charge >= 0.3 is 0 Å². The average molecular weight is 454 g/mol. The van der Waals surface area contributed by atoms with Crippen LogP contribution in [0.25, 0.3) is 11.0 Å². The summed E-state index contributed by atoms with van der Waals surface area (Å²) in [5.41, 5.74) is 1.03. The molecule has 9 heteroatoms.